The number of alkyl halides is 3. The quantitative estimate of drug-likeness (QED) is 0.296. The second kappa shape index (κ2) is 13.8. The molecule has 0 fully saturated rings. The van der Waals surface area contributed by atoms with E-state index in [9.17, 15) is 17.6 Å². The third kappa shape index (κ3) is 8.43. The van der Waals surface area contributed by atoms with Gasteiger partial charge in [-0.2, -0.15) is 13.2 Å². The number of hydrogen-bond donors (Lipinski definition) is 2. The molecule has 2 aromatic carbocycles. The van der Waals surface area contributed by atoms with Gasteiger partial charge in [0.15, 0.2) is 0 Å². The number of benzene rings is 2. The highest BCUT2D eigenvalue weighted by Crippen LogP contribution is 2.37. The normalized spacial score (nSPS) is 13.7. The summed E-state index contributed by atoms with van der Waals surface area (Å²) < 4.78 is 58.5. The number of carboxylic acid groups (broad SMARTS) is 1. The lowest BCUT2D eigenvalue weighted by Crippen LogP contribution is -2.67. The summed E-state index contributed by atoms with van der Waals surface area (Å²) in [4.78, 5) is 13.0. The van der Waals surface area contributed by atoms with Gasteiger partial charge in [-0.15, -0.1) is 0 Å². The molecule has 1 aromatic heterocycles. The smallest absolute Gasteiger partial charge is 0.475 e. The fraction of sp³-hybridized carbons (Fsp3) is 0.357. The van der Waals surface area contributed by atoms with E-state index in [1.54, 1.807) is 19.4 Å². The number of aromatic nitrogens is 1. The largest absolute Gasteiger partial charge is 0.490 e. The lowest BCUT2D eigenvalue weighted by molar-refractivity contribution is -0.192. The fourth-order valence-corrected chi connectivity index (χ4v) is 8.83. The monoisotopic (exact) mass is 566 g/mol. The Morgan fingerprint density at radius 3 is 1.85 bits per heavy atom. The predicted molar refractivity (Wildman–Crippen MR) is 144 cm³/mol. The topological polar surface area (TPSA) is 94.7 Å². The molecule has 0 radical (unpaired) electrons. The van der Waals surface area contributed by atoms with E-state index in [-0.39, 0.29) is 17.3 Å². The van der Waals surface area contributed by atoms with Gasteiger partial charge in [-0.05, 0) is 27.5 Å². The van der Waals surface area contributed by atoms with E-state index < -0.39 is 32.6 Å². The molecular weight excluding hydrogens is 532 g/mol. The highest BCUT2D eigenvalue weighted by Gasteiger charge is 2.50. The summed E-state index contributed by atoms with van der Waals surface area (Å²) in [7, 11) is -1.08. The van der Waals surface area contributed by atoms with Crippen LogP contribution in [-0.2, 0) is 20.4 Å². The van der Waals surface area contributed by atoms with Gasteiger partial charge in [0.1, 0.15) is 5.82 Å². The van der Waals surface area contributed by atoms with Gasteiger partial charge >= 0.3 is 12.1 Å². The van der Waals surface area contributed by atoms with Crippen LogP contribution in [0.15, 0.2) is 79.0 Å². The Morgan fingerprint density at radius 2 is 1.46 bits per heavy atom. The van der Waals surface area contributed by atoms with Gasteiger partial charge in [0.2, 0.25) is 0 Å². The number of nitrogens with zero attached hydrogens (tertiary/aromatic N) is 1. The zero-order chi connectivity index (χ0) is 29.3. The molecule has 212 valence electrons. The molecule has 0 saturated carbocycles. The van der Waals surface area contributed by atoms with E-state index in [1.807, 2.05) is 12.1 Å². The van der Waals surface area contributed by atoms with Crippen molar-refractivity contribution in [3.63, 3.8) is 0 Å². The zero-order valence-corrected chi connectivity index (χ0v) is 23.3. The Labute approximate surface area is 226 Å². The SMILES string of the molecule is COC(CO[Si](c1ccccc1)(c1ccccc1)C(C)(C)C)C(N)Cc1ncccc1F.O=C(O)C(F)(F)F. The fourth-order valence-electron chi connectivity index (χ4n) is 4.26. The molecule has 0 aliphatic rings. The standard InChI is InChI=1S/C26H33FN2O2Si.C2HF3O2/c1-26(2,3)32(20-12-7-5-8-13-20,21-14-9-6-10-15-21)31-19-25(30-4)23(28)18-24-22(27)16-11-17-29-24;3-2(4,5)1(6)7/h5-17,23,25H,18-19,28H2,1-4H3;(H,6,7). The molecule has 39 heavy (non-hydrogen) atoms. The van der Waals surface area contributed by atoms with Crippen molar-refractivity contribution in [1.82, 2.24) is 4.98 Å². The van der Waals surface area contributed by atoms with Crippen molar-refractivity contribution >= 4 is 24.7 Å². The number of methoxy groups -OCH3 is 1. The lowest BCUT2D eigenvalue weighted by atomic mass is 10.1. The van der Waals surface area contributed by atoms with Gasteiger partial charge in [0.05, 0.1) is 18.4 Å². The molecule has 0 bridgehead atoms. The average molecular weight is 567 g/mol. The third-order valence-corrected chi connectivity index (χ3v) is 11.2. The zero-order valence-electron chi connectivity index (χ0n) is 22.3. The maximum Gasteiger partial charge on any atom is 0.490 e. The van der Waals surface area contributed by atoms with Gasteiger partial charge < -0.3 is 20.0 Å². The summed E-state index contributed by atoms with van der Waals surface area (Å²) in [5.41, 5.74) is 6.79. The van der Waals surface area contributed by atoms with Crippen LogP contribution in [0.3, 0.4) is 0 Å². The summed E-state index contributed by atoms with van der Waals surface area (Å²) in [6, 6.07) is 23.4. The van der Waals surface area contributed by atoms with Gasteiger partial charge in [0.25, 0.3) is 8.32 Å². The Hall–Kier alpha value is -3.12. The van der Waals surface area contributed by atoms with Crippen LogP contribution in [0, 0.1) is 5.82 Å². The van der Waals surface area contributed by atoms with Crippen molar-refractivity contribution in [1.29, 1.82) is 0 Å². The Balaban J connectivity index is 0.000000673. The number of carbonyl (C=O) groups is 1. The van der Waals surface area contributed by atoms with E-state index in [1.165, 1.54) is 16.4 Å². The molecule has 0 saturated heterocycles. The summed E-state index contributed by atoms with van der Waals surface area (Å²) in [6.45, 7) is 6.98. The molecule has 6 nitrogen and oxygen atoms in total. The number of rotatable bonds is 9. The summed E-state index contributed by atoms with van der Waals surface area (Å²) in [5.74, 6) is -3.11. The Kier molecular flexibility index (Phi) is 11.3. The first-order valence-corrected chi connectivity index (χ1v) is 14.1. The molecule has 0 aliphatic carbocycles. The number of carboxylic acids is 1. The number of hydrogen-bond acceptors (Lipinski definition) is 5. The van der Waals surface area contributed by atoms with Crippen LogP contribution < -0.4 is 16.1 Å². The van der Waals surface area contributed by atoms with Crippen LogP contribution in [0.1, 0.15) is 26.5 Å². The van der Waals surface area contributed by atoms with Crippen molar-refractivity contribution < 1.29 is 36.6 Å². The van der Waals surface area contributed by atoms with Crippen molar-refractivity contribution in [3.8, 4) is 0 Å². The highest BCUT2D eigenvalue weighted by atomic mass is 28.4. The van der Waals surface area contributed by atoms with E-state index in [2.05, 4.69) is 74.3 Å². The first-order chi connectivity index (χ1) is 18.2. The Bertz CT molecular complexity index is 1140. The summed E-state index contributed by atoms with van der Waals surface area (Å²) in [6.07, 6.45) is -3.64. The molecule has 3 aromatic rings. The Morgan fingerprint density at radius 1 is 0.974 bits per heavy atom. The maximum absolute atomic E-state index is 14.1. The average Bonchev–Trinajstić information content (AvgIpc) is 2.88. The predicted octanol–water partition coefficient (Wildman–Crippen LogP) is 4.32. The molecule has 0 amide bonds. The van der Waals surface area contributed by atoms with Gasteiger partial charge in [-0.3, -0.25) is 4.98 Å². The first-order valence-electron chi connectivity index (χ1n) is 12.2. The molecule has 1 heterocycles. The van der Waals surface area contributed by atoms with E-state index in [0.29, 0.717) is 12.3 Å². The van der Waals surface area contributed by atoms with E-state index >= 15 is 0 Å². The van der Waals surface area contributed by atoms with Crippen LogP contribution >= 0.6 is 0 Å². The third-order valence-electron chi connectivity index (χ3n) is 6.17. The number of nitrogens with two attached hydrogens (primary N) is 1. The lowest BCUT2D eigenvalue weighted by Gasteiger charge is -2.44. The first kappa shape index (κ1) is 32.1. The summed E-state index contributed by atoms with van der Waals surface area (Å²) >= 11 is 0. The number of pyridine rings is 1. The second-order valence-corrected chi connectivity index (χ2v) is 14.2. The van der Waals surface area contributed by atoms with Crippen LogP contribution in [-0.4, -0.2) is 56.4 Å². The van der Waals surface area contributed by atoms with Crippen molar-refractivity contribution in [2.75, 3.05) is 13.7 Å². The van der Waals surface area contributed by atoms with Crippen LogP contribution in [0.5, 0.6) is 0 Å². The number of halogens is 4. The van der Waals surface area contributed by atoms with Crippen molar-refractivity contribution in [2.24, 2.45) is 5.73 Å². The van der Waals surface area contributed by atoms with Gasteiger partial charge in [-0.1, -0.05) is 81.4 Å². The second-order valence-electron chi connectivity index (χ2n) is 9.85. The molecule has 0 aliphatic heterocycles. The molecule has 3 N–H and O–H groups in total. The molecule has 11 heteroatoms. The molecule has 2 unspecified atom stereocenters. The maximum atomic E-state index is 14.1. The molecule has 3 rings (SSSR count). The van der Waals surface area contributed by atoms with Crippen molar-refractivity contribution in [3.05, 3.63) is 90.5 Å². The van der Waals surface area contributed by atoms with Gasteiger partial charge in [0, 0.05) is 25.8 Å². The minimum Gasteiger partial charge on any atom is -0.475 e. The summed E-state index contributed by atoms with van der Waals surface area (Å²) in [5, 5.41) is 9.36. The van der Waals surface area contributed by atoms with Crippen LogP contribution in [0.25, 0.3) is 0 Å². The highest BCUT2D eigenvalue weighted by molar-refractivity contribution is 6.99. The molecular formula is C28H34F4N2O4Si. The minimum absolute atomic E-state index is 0.148. The van der Waals surface area contributed by atoms with Crippen molar-refractivity contribution in [2.45, 2.75) is 50.6 Å². The minimum atomic E-state index is -5.08. The molecule has 2 atom stereocenters. The van der Waals surface area contributed by atoms with Crippen LogP contribution in [0.2, 0.25) is 5.04 Å². The van der Waals surface area contributed by atoms with E-state index in [0.717, 1.165) is 0 Å². The molecule has 0 spiro atoms. The van der Waals surface area contributed by atoms with Crippen LogP contribution in [0.4, 0.5) is 17.6 Å². The number of aliphatic carboxylic acids is 1. The number of ether oxygens (including phenoxy) is 1. The van der Waals surface area contributed by atoms with Gasteiger partial charge in [-0.25, -0.2) is 9.18 Å². The van der Waals surface area contributed by atoms with E-state index in [4.69, 9.17) is 24.8 Å².